The number of rotatable bonds is 5. The molecule has 1 amide bonds. The summed E-state index contributed by atoms with van der Waals surface area (Å²) in [4.78, 5) is 51.8. The number of allylic oxidation sites excluding steroid dienone is 2. The van der Waals surface area contributed by atoms with Gasteiger partial charge in [0.2, 0.25) is 0 Å². The maximum absolute atomic E-state index is 14.5. The van der Waals surface area contributed by atoms with Crippen molar-refractivity contribution in [2.45, 2.75) is 19.4 Å². The van der Waals surface area contributed by atoms with Crippen LogP contribution in [0.5, 0.6) is 0 Å². The Bertz CT molecular complexity index is 1480. The lowest BCUT2D eigenvalue weighted by Crippen LogP contribution is -2.38. The highest BCUT2D eigenvalue weighted by molar-refractivity contribution is 6.02. The van der Waals surface area contributed by atoms with Crippen molar-refractivity contribution in [3.05, 3.63) is 104 Å². The Balaban J connectivity index is 1.42. The molecule has 5 rings (SSSR count). The molecule has 2 N–H and O–H groups in total. The molecule has 8 nitrogen and oxygen atoms in total. The molecule has 0 bridgehead atoms. The van der Waals surface area contributed by atoms with Crippen LogP contribution in [0.3, 0.4) is 0 Å². The van der Waals surface area contributed by atoms with E-state index in [0.717, 1.165) is 23.9 Å². The Morgan fingerprint density at radius 1 is 1.09 bits per heavy atom. The molecule has 1 aliphatic heterocycles. The number of hydrogen-bond acceptors (Lipinski definition) is 5. The van der Waals surface area contributed by atoms with Crippen LogP contribution in [-0.2, 0) is 11.3 Å². The summed E-state index contributed by atoms with van der Waals surface area (Å²) in [5.41, 5.74) is 2.84. The number of amides is 1. The van der Waals surface area contributed by atoms with Gasteiger partial charge in [0.25, 0.3) is 11.5 Å². The third-order valence-corrected chi connectivity index (χ3v) is 5.72. The lowest BCUT2D eigenvalue weighted by atomic mass is 10.1. The van der Waals surface area contributed by atoms with Crippen LogP contribution in [0.15, 0.2) is 76.1 Å². The van der Waals surface area contributed by atoms with Crippen LogP contribution < -0.4 is 16.7 Å². The third-order valence-electron chi connectivity index (χ3n) is 5.72. The highest BCUT2D eigenvalue weighted by Crippen LogP contribution is 2.32. The predicted octanol–water partition coefficient (Wildman–Crippen LogP) is 2.21. The van der Waals surface area contributed by atoms with Crippen LogP contribution in [0.25, 0.3) is 10.9 Å². The van der Waals surface area contributed by atoms with Crippen LogP contribution in [0, 0.1) is 11.7 Å². The molecule has 33 heavy (non-hydrogen) atoms. The Kier molecular flexibility index (Phi) is 5.01. The molecule has 2 heterocycles. The summed E-state index contributed by atoms with van der Waals surface area (Å²) < 4.78 is 15.9. The maximum Gasteiger partial charge on any atom is 0.329 e. The molecule has 1 saturated carbocycles. The topological polar surface area (TPSA) is 104 Å². The van der Waals surface area contributed by atoms with Crippen LogP contribution in [0.2, 0.25) is 0 Å². The average Bonchev–Trinajstić information content (AvgIpc) is 3.67. The number of nitrogens with zero attached hydrogens (tertiary/aromatic N) is 2. The number of ketones is 1. The van der Waals surface area contributed by atoms with E-state index in [9.17, 15) is 23.6 Å². The van der Waals surface area contributed by atoms with E-state index in [1.807, 2.05) is 0 Å². The SMILES string of the molecule is O=C(C1=CNN(C(=O)c2cc(Cn3c(=O)[nH]c(=O)c4ccccc43)ccc2F)C=C1)C1CC1. The number of carbonyl (C=O) groups excluding carboxylic acids is 2. The molecule has 0 atom stereocenters. The van der Waals surface area contributed by atoms with Gasteiger partial charge < -0.3 is 0 Å². The van der Waals surface area contributed by atoms with Crippen molar-refractivity contribution in [1.29, 1.82) is 0 Å². The maximum atomic E-state index is 14.5. The molecule has 0 saturated heterocycles. The fourth-order valence-electron chi connectivity index (χ4n) is 3.79. The lowest BCUT2D eigenvalue weighted by Gasteiger charge is -2.22. The molecule has 9 heteroatoms. The van der Waals surface area contributed by atoms with E-state index in [0.29, 0.717) is 22.0 Å². The van der Waals surface area contributed by atoms with E-state index in [-0.39, 0.29) is 23.8 Å². The van der Waals surface area contributed by atoms with E-state index >= 15 is 0 Å². The molecule has 1 aromatic heterocycles. The van der Waals surface area contributed by atoms with Crippen molar-refractivity contribution in [3.8, 4) is 0 Å². The Labute approximate surface area is 186 Å². The summed E-state index contributed by atoms with van der Waals surface area (Å²) in [5.74, 6) is -1.30. The zero-order chi connectivity index (χ0) is 23.1. The fourth-order valence-corrected chi connectivity index (χ4v) is 3.79. The van der Waals surface area contributed by atoms with Crippen molar-refractivity contribution in [2.24, 2.45) is 5.92 Å². The van der Waals surface area contributed by atoms with Crippen molar-refractivity contribution in [2.75, 3.05) is 0 Å². The van der Waals surface area contributed by atoms with E-state index in [4.69, 9.17) is 0 Å². The van der Waals surface area contributed by atoms with Crippen LogP contribution in [0.1, 0.15) is 28.8 Å². The second-order valence-corrected chi connectivity index (χ2v) is 8.03. The molecule has 1 fully saturated rings. The summed E-state index contributed by atoms with van der Waals surface area (Å²) in [6.45, 7) is 0.0277. The summed E-state index contributed by atoms with van der Waals surface area (Å²) in [7, 11) is 0. The van der Waals surface area contributed by atoms with Gasteiger partial charge in [0.15, 0.2) is 5.78 Å². The normalized spacial score (nSPS) is 15.3. The van der Waals surface area contributed by atoms with Crippen molar-refractivity contribution < 1.29 is 14.0 Å². The molecule has 0 radical (unpaired) electrons. The molecule has 1 aliphatic carbocycles. The van der Waals surface area contributed by atoms with Crippen molar-refractivity contribution in [3.63, 3.8) is 0 Å². The number of halogens is 1. The molecule has 0 spiro atoms. The predicted molar refractivity (Wildman–Crippen MR) is 119 cm³/mol. The minimum atomic E-state index is -0.721. The quantitative estimate of drug-likeness (QED) is 0.626. The van der Waals surface area contributed by atoms with Gasteiger partial charge in [0.1, 0.15) is 5.82 Å². The number of fused-ring (bicyclic) bond motifs is 1. The van der Waals surface area contributed by atoms with Gasteiger partial charge in [-0.1, -0.05) is 18.2 Å². The minimum absolute atomic E-state index is 0.0256. The van der Waals surface area contributed by atoms with E-state index in [1.54, 1.807) is 24.3 Å². The lowest BCUT2D eigenvalue weighted by molar-refractivity contribution is -0.116. The smallest absolute Gasteiger partial charge is 0.298 e. The first-order chi connectivity index (χ1) is 15.9. The number of H-pyrrole nitrogens is 1. The van der Waals surface area contributed by atoms with Crippen LogP contribution >= 0.6 is 0 Å². The standard InChI is InChI=1S/C24H19FN4O4/c25-19-8-5-14(13-28-20-4-2-1-3-17(20)22(31)27-24(28)33)11-18(19)23(32)29-10-9-16(12-26-29)21(30)15-6-7-15/h1-5,8-12,15,26H,6-7,13H2,(H,27,31,33). The summed E-state index contributed by atoms with van der Waals surface area (Å²) in [6.07, 6.45) is 6.11. The summed E-state index contributed by atoms with van der Waals surface area (Å²) in [6, 6.07) is 10.7. The first-order valence-electron chi connectivity index (χ1n) is 10.4. The number of aromatic amines is 1. The van der Waals surface area contributed by atoms with Gasteiger partial charge in [-0.05, 0) is 48.7 Å². The number of benzene rings is 2. The number of nitrogens with one attached hydrogen (secondary N) is 2. The summed E-state index contributed by atoms with van der Waals surface area (Å²) >= 11 is 0. The molecule has 0 unspecified atom stereocenters. The minimum Gasteiger partial charge on any atom is -0.298 e. The second kappa shape index (κ2) is 8.01. The van der Waals surface area contributed by atoms with E-state index in [1.165, 1.54) is 35.2 Å². The molecule has 166 valence electrons. The highest BCUT2D eigenvalue weighted by atomic mass is 19.1. The molecular formula is C24H19FN4O4. The molecule has 3 aromatic rings. The first kappa shape index (κ1) is 20.6. The number of aromatic nitrogens is 2. The largest absolute Gasteiger partial charge is 0.329 e. The van der Waals surface area contributed by atoms with Crippen LogP contribution in [-0.4, -0.2) is 26.3 Å². The zero-order valence-electron chi connectivity index (χ0n) is 17.4. The number of hydrazine groups is 1. The average molecular weight is 446 g/mol. The zero-order valence-corrected chi connectivity index (χ0v) is 17.4. The monoisotopic (exact) mass is 446 g/mol. The fraction of sp³-hybridized carbons (Fsp3) is 0.167. The van der Waals surface area contributed by atoms with Gasteiger partial charge in [-0.2, -0.15) is 0 Å². The summed E-state index contributed by atoms with van der Waals surface area (Å²) in [5, 5.41) is 1.44. The molecular weight excluding hydrogens is 427 g/mol. The van der Waals surface area contributed by atoms with Gasteiger partial charge in [-0.3, -0.25) is 29.4 Å². The van der Waals surface area contributed by atoms with Crippen molar-refractivity contribution in [1.82, 2.24) is 20.0 Å². The van der Waals surface area contributed by atoms with Gasteiger partial charge in [0.05, 0.1) is 23.0 Å². The molecule has 2 aliphatic rings. The van der Waals surface area contributed by atoms with Crippen LogP contribution in [0.4, 0.5) is 4.39 Å². The van der Waals surface area contributed by atoms with E-state index in [2.05, 4.69) is 10.4 Å². The van der Waals surface area contributed by atoms with Gasteiger partial charge in [-0.25, -0.2) is 14.2 Å². The number of carbonyl (C=O) groups is 2. The Morgan fingerprint density at radius 2 is 1.88 bits per heavy atom. The Hall–Kier alpha value is -4.27. The second-order valence-electron chi connectivity index (χ2n) is 8.03. The van der Waals surface area contributed by atoms with Gasteiger partial charge in [0, 0.05) is 23.9 Å². The van der Waals surface area contributed by atoms with Gasteiger partial charge >= 0.3 is 5.69 Å². The van der Waals surface area contributed by atoms with Gasteiger partial charge in [-0.15, -0.1) is 0 Å². The van der Waals surface area contributed by atoms with Crippen molar-refractivity contribution >= 4 is 22.6 Å². The third kappa shape index (κ3) is 3.89. The molecule has 2 aromatic carbocycles. The number of Topliss-reactive ketones (excluding diaryl/α,β-unsaturated/α-hetero) is 1. The number of para-hydroxylation sites is 1. The van der Waals surface area contributed by atoms with E-state index < -0.39 is 23.0 Å². The Morgan fingerprint density at radius 3 is 2.61 bits per heavy atom. The highest BCUT2D eigenvalue weighted by Gasteiger charge is 2.32. The number of hydrogen-bond donors (Lipinski definition) is 2. The first-order valence-corrected chi connectivity index (χ1v) is 10.4.